The summed E-state index contributed by atoms with van der Waals surface area (Å²) in [6, 6.07) is 2.54. The first-order valence-electron chi connectivity index (χ1n) is 4.95. The predicted octanol–water partition coefficient (Wildman–Crippen LogP) is 0.507. The van der Waals surface area contributed by atoms with Gasteiger partial charge in [0.05, 0.1) is 7.11 Å². The average molecular weight is 238 g/mol. The van der Waals surface area contributed by atoms with Crippen molar-refractivity contribution in [1.29, 1.82) is 0 Å². The van der Waals surface area contributed by atoms with Crippen LogP contribution in [0.3, 0.4) is 0 Å². The standard InChI is InChI=1S/C11H14N2O4/c1-17-10-5-6(9(14)2-3-12)8(13)4-7(10)11(15)16/h4-5H,2-3,12-13H2,1H3,(H,15,16). The van der Waals surface area contributed by atoms with Gasteiger partial charge in [0, 0.05) is 17.7 Å². The predicted molar refractivity (Wildman–Crippen MR) is 62.4 cm³/mol. The smallest absolute Gasteiger partial charge is 0.339 e. The van der Waals surface area contributed by atoms with Crippen molar-refractivity contribution >= 4 is 17.4 Å². The van der Waals surface area contributed by atoms with E-state index >= 15 is 0 Å². The molecule has 0 spiro atoms. The van der Waals surface area contributed by atoms with Crippen molar-refractivity contribution in [1.82, 2.24) is 0 Å². The Morgan fingerprint density at radius 1 is 1.35 bits per heavy atom. The molecule has 5 N–H and O–H groups in total. The summed E-state index contributed by atoms with van der Waals surface area (Å²) in [6.45, 7) is 0.210. The maximum Gasteiger partial charge on any atom is 0.339 e. The Hall–Kier alpha value is -2.08. The fraction of sp³-hybridized carbons (Fsp3) is 0.273. The Morgan fingerprint density at radius 2 is 2.00 bits per heavy atom. The number of ketones is 1. The van der Waals surface area contributed by atoms with Crippen LogP contribution in [0.5, 0.6) is 5.75 Å². The highest BCUT2D eigenvalue weighted by Crippen LogP contribution is 2.26. The summed E-state index contributed by atoms with van der Waals surface area (Å²) in [5.74, 6) is -1.29. The van der Waals surface area contributed by atoms with Gasteiger partial charge in [-0.25, -0.2) is 4.79 Å². The van der Waals surface area contributed by atoms with Gasteiger partial charge in [0.15, 0.2) is 5.78 Å². The third-order valence-electron chi connectivity index (χ3n) is 2.27. The van der Waals surface area contributed by atoms with Gasteiger partial charge in [-0.15, -0.1) is 0 Å². The Morgan fingerprint density at radius 3 is 2.47 bits per heavy atom. The zero-order valence-electron chi connectivity index (χ0n) is 9.40. The molecule has 1 aromatic rings. The van der Waals surface area contributed by atoms with Gasteiger partial charge in [-0.3, -0.25) is 4.79 Å². The maximum absolute atomic E-state index is 11.7. The van der Waals surface area contributed by atoms with Crippen molar-refractivity contribution in [2.24, 2.45) is 5.73 Å². The van der Waals surface area contributed by atoms with E-state index in [0.717, 1.165) is 0 Å². The first-order chi connectivity index (χ1) is 8.01. The Labute approximate surface area is 98.2 Å². The maximum atomic E-state index is 11.7. The summed E-state index contributed by atoms with van der Waals surface area (Å²) in [6.07, 6.45) is 0.153. The lowest BCUT2D eigenvalue weighted by molar-refractivity contribution is 0.0692. The van der Waals surface area contributed by atoms with Crippen LogP contribution < -0.4 is 16.2 Å². The number of hydrogen-bond donors (Lipinski definition) is 3. The van der Waals surface area contributed by atoms with Gasteiger partial charge >= 0.3 is 5.97 Å². The number of anilines is 1. The van der Waals surface area contributed by atoms with E-state index < -0.39 is 5.97 Å². The minimum absolute atomic E-state index is 0.0747. The van der Waals surface area contributed by atoms with Crippen LogP contribution in [0.25, 0.3) is 0 Å². The van der Waals surface area contributed by atoms with Crippen molar-refractivity contribution in [3.05, 3.63) is 23.3 Å². The number of nitrogen functional groups attached to an aromatic ring is 1. The van der Waals surface area contributed by atoms with E-state index in [0.29, 0.717) is 0 Å². The Bertz CT molecular complexity index is 457. The third kappa shape index (κ3) is 2.73. The van der Waals surface area contributed by atoms with Crippen LogP contribution in [0.1, 0.15) is 27.1 Å². The van der Waals surface area contributed by atoms with E-state index in [4.69, 9.17) is 21.3 Å². The van der Waals surface area contributed by atoms with Gasteiger partial charge in [0.1, 0.15) is 11.3 Å². The van der Waals surface area contributed by atoms with Crippen LogP contribution in [0.4, 0.5) is 5.69 Å². The van der Waals surface area contributed by atoms with Crippen molar-refractivity contribution < 1.29 is 19.4 Å². The van der Waals surface area contributed by atoms with Crippen molar-refractivity contribution in [3.63, 3.8) is 0 Å². The van der Waals surface area contributed by atoms with Crippen molar-refractivity contribution in [2.75, 3.05) is 19.4 Å². The van der Waals surface area contributed by atoms with Gasteiger partial charge in [0.2, 0.25) is 0 Å². The number of Topliss-reactive ketones (excluding diaryl/α,β-unsaturated/α-hetero) is 1. The van der Waals surface area contributed by atoms with Crippen LogP contribution in [0, 0.1) is 0 Å². The normalized spacial score (nSPS) is 10.0. The second-order valence-electron chi connectivity index (χ2n) is 3.41. The number of nitrogens with two attached hydrogens (primary N) is 2. The summed E-state index contributed by atoms with van der Waals surface area (Å²) in [5.41, 5.74) is 11.2. The van der Waals surface area contributed by atoms with E-state index in [1.165, 1.54) is 19.2 Å². The summed E-state index contributed by atoms with van der Waals surface area (Å²) in [7, 11) is 1.33. The molecule has 0 radical (unpaired) electrons. The molecule has 0 heterocycles. The van der Waals surface area contributed by atoms with Gasteiger partial charge in [-0.05, 0) is 18.7 Å². The van der Waals surface area contributed by atoms with Crippen LogP contribution in [0.2, 0.25) is 0 Å². The lowest BCUT2D eigenvalue weighted by Crippen LogP contribution is -2.12. The zero-order valence-corrected chi connectivity index (χ0v) is 9.40. The SMILES string of the molecule is COc1cc(C(=O)CCN)c(N)cc1C(=O)O. The molecule has 0 amide bonds. The molecule has 0 aliphatic carbocycles. The highest BCUT2D eigenvalue weighted by atomic mass is 16.5. The Balaban J connectivity index is 3.27. The second-order valence-corrected chi connectivity index (χ2v) is 3.41. The number of carboxylic acids is 1. The largest absolute Gasteiger partial charge is 0.496 e. The van der Waals surface area contributed by atoms with E-state index in [1.807, 2.05) is 0 Å². The average Bonchev–Trinajstić information content (AvgIpc) is 2.28. The quantitative estimate of drug-likeness (QED) is 0.508. The van der Waals surface area contributed by atoms with Crippen LogP contribution in [0.15, 0.2) is 12.1 Å². The van der Waals surface area contributed by atoms with E-state index in [1.54, 1.807) is 0 Å². The summed E-state index contributed by atoms with van der Waals surface area (Å²) in [5, 5.41) is 8.91. The van der Waals surface area contributed by atoms with Crippen molar-refractivity contribution in [3.8, 4) is 5.75 Å². The molecule has 0 fully saturated rings. The second kappa shape index (κ2) is 5.31. The molecule has 0 aliphatic heterocycles. The molecule has 0 aromatic heterocycles. The first-order valence-corrected chi connectivity index (χ1v) is 4.95. The van der Waals surface area contributed by atoms with Gasteiger partial charge in [-0.2, -0.15) is 0 Å². The molecule has 0 atom stereocenters. The van der Waals surface area contributed by atoms with Crippen LogP contribution >= 0.6 is 0 Å². The fourth-order valence-corrected chi connectivity index (χ4v) is 1.44. The van der Waals surface area contributed by atoms with Crippen LogP contribution in [-0.2, 0) is 0 Å². The lowest BCUT2D eigenvalue weighted by Gasteiger charge is -2.10. The first kappa shape index (κ1) is 13.0. The molecule has 1 rings (SSSR count). The highest BCUT2D eigenvalue weighted by molar-refractivity contribution is 6.03. The summed E-state index contributed by atoms with van der Waals surface area (Å²) in [4.78, 5) is 22.6. The number of methoxy groups -OCH3 is 1. The summed E-state index contributed by atoms with van der Waals surface area (Å²) >= 11 is 0. The number of hydrogen-bond acceptors (Lipinski definition) is 5. The van der Waals surface area contributed by atoms with Gasteiger partial charge in [0.25, 0.3) is 0 Å². The number of benzene rings is 1. The molecule has 0 saturated heterocycles. The number of aromatic carboxylic acids is 1. The molecule has 92 valence electrons. The van der Waals surface area contributed by atoms with E-state index in [-0.39, 0.29) is 41.3 Å². The fourth-order valence-electron chi connectivity index (χ4n) is 1.44. The zero-order chi connectivity index (χ0) is 13.0. The Kier molecular flexibility index (Phi) is 4.06. The molecule has 0 aliphatic rings. The minimum Gasteiger partial charge on any atom is -0.496 e. The van der Waals surface area contributed by atoms with Crippen molar-refractivity contribution in [2.45, 2.75) is 6.42 Å². The number of carbonyl (C=O) groups is 2. The number of carboxylic acid groups (broad SMARTS) is 1. The molecule has 0 saturated carbocycles. The van der Waals surface area contributed by atoms with E-state index in [2.05, 4.69) is 0 Å². The molecule has 17 heavy (non-hydrogen) atoms. The molecule has 6 nitrogen and oxygen atoms in total. The highest BCUT2D eigenvalue weighted by Gasteiger charge is 2.17. The number of rotatable bonds is 5. The molecule has 0 unspecified atom stereocenters. The third-order valence-corrected chi connectivity index (χ3v) is 2.27. The summed E-state index contributed by atoms with van der Waals surface area (Å²) < 4.78 is 4.91. The molecular weight excluding hydrogens is 224 g/mol. The van der Waals surface area contributed by atoms with Gasteiger partial charge < -0.3 is 21.3 Å². The topological polar surface area (TPSA) is 116 Å². The molecular formula is C11H14N2O4. The van der Waals surface area contributed by atoms with Crippen LogP contribution in [-0.4, -0.2) is 30.5 Å². The minimum atomic E-state index is -1.16. The number of carbonyl (C=O) groups excluding carboxylic acids is 1. The molecule has 6 heteroatoms. The lowest BCUT2D eigenvalue weighted by atomic mass is 10.0. The molecule has 1 aromatic carbocycles. The monoisotopic (exact) mass is 238 g/mol. The number of ether oxygens (including phenoxy) is 1. The van der Waals surface area contributed by atoms with E-state index in [9.17, 15) is 9.59 Å². The van der Waals surface area contributed by atoms with Gasteiger partial charge in [-0.1, -0.05) is 0 Å². The molecule has 0 bridgehead atoms.